The van der Waals surface area contributed by atoms with Crippen LogP contribution < -0.4 is 5.32 Å². The van der Waals surface area contributed by atoms with Gasteiger partial charge in [0.2, 0.25) is 5.91 Å². The fourth-order valence-electron chi connectivity index (χ4n) is 1.13. The van der Waals surface area contributed by atoms with Crippen molar-refractivity contribution in [1.29, 1.82) is 0 Å². The van der Waals surface area contributed by atoms with Crippen LogP contribution in [0.2, 0.25) is 0 Å². The molecule has 1 rings (SSSR count). The zero-order valence-electron chi connectivity index (χ0n) is 8.86. The summed E-state index contributed by atoms with van der Waals surface area (Å²) in [5.74, 6) is -0.389. The Labute approximate surface area is 97.6 Å². The van der Waals surface area contributed by atoms with Crippen molar-refractivity contribution in [2.75, 3.05) is 5.32 Å². The second-order valence-electron chi connectivity index (χ2n) is 3.36. The topological polar surface area (TPSA) is 72.2 Å². The third-order valence-electron chi connectivity index (χ3n) is 2.03. The maximum atomic E-state index is 11.3. The Balaban J connectivity index is 2.95. The molecule has 1 aromatic carbocycles. The lowest BCUT2D eigenvalue weighted by Gasteiger charge is -2.06. The Morgan fingerprint density at radius 2 is 2.19 bits per heavy atom. The number of benzene rings is 1. The monoisotopic (exact) mass is 242 g/mol. The fraction of sp³-hybridized carbons (Fsp3) is 0.300. The Bertz CT molecular complexity index is 432. The van der Waals surface area contributed by atoms with Crippen molar-refractivity contribution >= 4 is 28.9 Å². The van der Waals surface area contributed by atoms with Crippen molar-refractivity contribution in [2.45, 2.75) is 19.2 Å². The number of hydrogen-bond donors (Lipinski definition) is 1. The van der Waals surface area contributed by atoms with E-state index < -0.39 is 10.3 Å². The molecule has 5 nitrogen and oxygen atoms in total. The second-order valence-corrected chi connectivity index (χ2v) is 4.02. The number of halogens is 1. The van der Waals surface area contributed by atoms with Gasteiger partial charge in [-0.1, -0.05) is 6.07 Å². The molecule has 16 heavy (non-hydrogen) atoms. The van der Waals surface area contributed by atoms with E-state index in [1.54, 1.807) is 19.1 Å². The molecule has 0 spiro atoms. The van der Waals surface area contributed by atoms with E-state index >= 15 is 0 Å². The molecule has 6 heteroatoms. The first-order valence-electron chi connectivity index (χ1n) is 4.62. The van der Waals surface area contributed by atoms with Crippen LogP contribution in [0.4, 0.5) is 11.4 Å². The van der Waals surface area contributed by atoms with Gasteiger partial charge in [0.1, 0.15) is 5.38 Å². The summed E-state index contributed by atoms with van der Waals surface area (Å²) in [4.78, 5) is 21.4. The molecule has 0 saturated heterocycles. The molecule has 0 fully saturated rings. The van der Waals surface area contributed by atoms with Crippen molar-refractivity contribution in [1.82, 2.24) is 0 Å². The highest BCUT2D eigenvalue weighted by molar-refractivity contribution is 6.32. The molecule has 0 aliphatic heterocycles. The number of nitrogens with one attached hydrogen (secondary N) is 1. The van der Waals surface area contributed by atoms with Gasteiger partial charge in [-0.2, -0.15) is 0 Å². The van der Waals surface area contributed by atoms with E-state index in [0.717, 1.165) is 0 Å². The number of carbonyl (C=O) groups excluding carboxylic acids is 1. The summed E-state index contributed by atoms with van der Waals surface area (Å²) >= 11 is 5.57. The number of hydrogen-bond acceptors (Lipinski definition) is 3. The molecule has 0 aromatic heterocycles. The summed E-state index contributed by atoms with van der Waals surface area (Å²) in [6.45, 7) is 3.16. The number of nitro groups is 1. The number of aryl methyl sites for hydroxylation is 1. The highest BCUT2D eigenvalue weighted by Gasteiger charge is 2.14. The Morgan fingerprint density at radius 1 is 1.56 bits per heavy atom. The normalized spacial score (nSPS) is 11.9. The maximum Gasteiger partial charge on any atom is 0.274 e. The second kappa shape index (κ2) is 4.94. The zero-order valence-corrected chi connectivity index (χ0v) is 9.62. The molecule has 1 amide bonds. The van der Waals surface area contributed by atoms with Gasteiger partial charge < -0.3 is 5.32 Å². The van der Waals surface area contributed by atoms with Crippen LogP contribution in [0.3, 0.4) is 0 Å². The molecule has 0 radical (unpaired) electrons. The number of rotatable bonds is 3. The van der Waals surface area contributed by atoms with Crippen molar-refractivity contribution < 1.29 is 9.72 Å². The van der Waals surface area contributed by atoms with Crippen molar-refractivity contribution in [2.24, 2.45) is 0 Å². The molecule has 0 bridgehead atoms. The number of anilines is 1. The van der Waals surface area contributed by atoms with Gasteiger partial charge >= 0.3 is 0 Å². The van der Waals surface area contributed by atoms with E-state index in [0.29, 0.717) is 11.3 Å². The number of alkyl halides is 1. The molecule has 1 N–H and O–H groups in total. The maximum absolute atomic E-state index is 11.3. The minimum absolute atomic E-state index is 0.0278. The lowest BCUT2D eigenvalue weighted by molar-refractivity contribution is -0.385. The van der Waals surface area contributed by atoms with Gasteiger partial charge in [0.05, 0.1) is 4.92 Å². The molecule has 86 valence electrons. The minimum Gasteiger partial charge on any atom is -0.325 e. The van der Waals surface area contributed by atoms with Crippen LogP contribution in [0.15, 0.2) is 18.2 Å². The molecule has 0 saturated carbocycles. The third-order valence-corrected chi connectivity index (χ3v) is 2.23. The molecule has 1 atom stereocenters. The number of nitro benzene ring substituents is 1. The summed E-state index contributed by atoms with van der Waals surface area (Å²) < 4.78 is 0. The van der Waals surface area contributed by atoms with Gasteiger partial charge in [-0.05, 0) is 19.9 Å². The van der Waals surface area contributed by atoms with Crippen molar-refractivity contribution in [3.63, 3.8) is 0 Å². The summed E-state index contributed by atoms with van der Waals surface area (Å²) in [7, 11) is 0. The first kappa shape index (κ1) is 12.4. The van der Waals surface area contributed by atoms with Gasteiger partial charge in [0.25, 0.3) is 5.69 Å². The van der Waals surface area contributed by atoms with Crippen molar-refractivity contribution in [3.8, 4) is 0 Å². The smallest absolute Gasteiger partial charge is 0.274 e. The minimum atomic E-state index is -0.680. The van der Waals surface area contributed by atoms with Gasteiger partial charge in [0.15, 0.2) is 0 Å². The third kappa shape index (κ3) is 2.93. The molecule has 1 aromatic rings. The van der Waals surface area contributed by atoms with E-state index in [9.17, 15) is 14.9 Å². The number of nitrogens with zero attached hydrogens (tertiary/aromatic N) is 1. The first-order chi connectivity index (χ1) is 7.41. The zero-order chi connectivity index (χ0) is 12.3. The highest BCUT2D eigenvalue weighted by atomic mass is 35.5. The van der Waals surface area contributed by atoms with E-state index in [-0.39, 0.29) is 11.6 Å². The van der Waals surface area contributed by atoms with Gasteiger partial charge in [0, 0.05) is 17.3 Å². The Hall–Kier alpha value is -1.62. The molecule has 0 heterocycles. The average Bonchev–Trinajstić information content (AvgIpc) is 2.20. The Kier molecular flexibility index (Phi) is 3.84. The van der Waals surface area contributed by atoms with Crippen LogP contribution in [0.1, 0.15) is 12.5 Å². The summed E-state index contributed by atoms with van der Waals surface area (Å²) in [5.41, 5.74) is 0.886. The summed E-state index contributed by atoms with van der Waals surface area (Å²) in [6, 6.07) is 4.48. The largest absolute Gasteiger partial charge is 0.325 e. The van der Waals surface area contributed by atoms with E-state index in [4.69, 9.17) is 11.6 Å². The quantitative estimate of drug-likeness (QED) is 0.503. The van der Waals surface area contributed by atoms with Crippen LogP contribution in [0, 0.1) is 17.0 Å². The lowest BCUT2D eigenvalue weighted by atomic mass is 10.2. The SMILES string of the molecule is Cc1ccc(NC(=O)[C@@H](C)Cl)cc1[N+](=O)[O-]. The van der Waals surface area contributed by atoms with Crippen LogP contribution in [-0.4, -0.2) is 16.2 Å². The highest BCUT2D eigenvalue weighted by Crippen LogP contribution is 2.22. The standard InChI is InChI=1S/C10H11ClN2O3/c1-6-3-4-8(5-9(6)13(15)16)12-10(14)7(2)11/h3-5,7H,1-2H3,(H,12,14)/t7-/m1/s1. The van der Waals surface area contributed by atoms with Crippen molar-refractivity contribution in [3.05, 3.63) is 33.9 Å². The fourth-order valence-corrected chi connectivity index (χ4v) is 1.18. The van der Waals surface area contributed by atoms with E-state index in [1.165, 1.54) is 13.0 Å². The van der Waals surface area contributed by atoms with Crippen LogP contribution in [0.25, 0.3) is 0 Å². The molecular formula is C10H11ClN2O3. The number of amides is 1. The van der Waals surface area contributed by atoms with Crippen LogP contribution in [-0.2, 0) is 4.79 Å². The summed E-state index contributed by atoms with van der Waals surface area (Å²) in [5, 5.41) is 12.5. The van der Waals surface area contributed by atoms with Gasteiger partial charge in [-0.25, -0.2) is 0 Å². The Morgan fingerprint density at radius 3 is 2.69 bits per heavy atom. The van der Waals surface area contributed by atoms with Gasteiger partial charge in [-0.3, -0.25) is 14.9 Å². The lowest BCUT2D eigenvalue weighted by Crippen LogP contribution is -2.20. The molecule has 0 unspecified atom stereocenters. The predicted molar refractivity (Wildman–Crippen MR) is 61.8 cm³/mol. The summed E-state index contributed by atoms with van der Waals surface area (Å²) in [6.07, 6.45) is 0. The average molecular weight is 243 g/mol. The first-order valence-corrected chi connectivity index (χ1v) is 5.05. The molecular weight excluding hydrogens is 232 g/mol. The van der Waals surface area contributed by atoms with Crippen LogP contribution in [0.5, 0.6) is 0 Å². The van der Waals surface area contributed by atoms with E-state index in [2.05, 4.69) is 5.32 Å². The molecule has 0 aliphatic carbocycles. The van der Waals surface area contributed by atoms with E-state index in [1.807, 2.05) is 0 Å². The van der Waals surface area contributed by atoms with Gasteiger partial charge in [-0.15, -0.1) is 11.6 Å². The number of carbonyl (C=O) groups is 1. The predicted octanol–water partition coefficient (Wildman–Crippen LogP) is 2.47. The van der Waals surface area contributed by atoms with Crippen LogP contribution >= 0.6 is 11.6 Å². The molecule has 0 aliphatic rings.